The van der Waals surface area contributed by atoms with E-state index in [-0.39, 0.29) is 41.8 Å². The van der Waals surface area contributed by atoms with E-state index in [1.807, 2.05) is 19.1 Å². The SMILES string of the molecule is CCc1ccc(C(=O)N(NCCCl)c2cc(C(=O)Nc3cc(C(=O)Nc4cc(C(=O)NCCC(N)=O)n(C)c4)n(C)c3)n(C)c2)cc1. The summed E-state index contributed by atoms with van der Waals surface area (Å²) in [5, 5.41) is 9.53. The molecule has 3 aromatic heterocycles. The zero-order valence-corrected chi connectivity index (χ0v) is 27.4. The lowest BCUT2D eigenvalue weighted by Crippen LogP contribution is -2.44. The summed E-state index contributed by atoms with van der Waals surface area (Å²) in [5.74, 6) is -1.91. The van der Waals surface area contributed by atoms with Gasteiger partial charge in [0.25, 0.3) is 23.6 Å². The Morgan fingerprint density at radius 3 is 1.83 bits per heavy atom. The summed E-state index contributed by atoms with van der Waals surface area (Å²) in [6.07, 6.45) is 5.69. The molecule has 3 heterocycles. The lowest BCUT2D eigenvalue weighted by molar-refractivity contribution is -0.117. The third-order valence-electron chi connectivity index (χ3n) is 7.31. The number of aryl methyl sites for hydroxylation is 4. The van der Waals surface area contributed by atoms with Gasteiger partial charge in [0.15, 0.2) is 0 Å². The number of hydrazine groups is 1. The molecule has 0 aliphatic heterocycles. The largest absolute Gasteiger partial charge is 0.370 e. The molecule has 1 aromatic carbocycles. The lowest BCUT2D eigenvalue weighted by atomic mass is 10.1. The Kier molecular flexibility index (Phi) is 11.2. The van der Waals surface area contributed by atoms with Crippen LogP contribution in [-0.2, 0) is 32.4 Å². The number of nitrogens with one attached hydrogen (secondary N) is 4. The Hall–Kier alpha value is -5.34. The van der Waals surface area contributed by atoms with E-state index in [4.69, 9.17) is 17.3 Å². The van der Waals surface area contributed by atoms with Crippen LogP contribution in [0.1, 0.15) is 60.7 Å². The molecule has 6 N–H and O–H groups in total. The van der Waals surface area contributed by atoms with Crippen LogP contribution in [0.15, 0.2) is 61.1 Å². The monoisotopic (exact) mass is 663 g/mol. The van der Waals surface area contributed by atoms with E-state index in [1.54, 1.807) is 71.6 Å². The molecule has 0 spiro atoms. The van der Waals surface area contributed by atoms with Crippen molar-refractivity contribution in [1.29, 1.82) is 0 Å². The van der Waals surface area contributed by atoms with Crippen molar-refractivity contribution in [2.24, 2.45) is 26.9 Å². The molecule has 0 aliphatic rings. The summed E-state index contributed by atoms with van der Waals surface area (Å²) in [6, 6.07) is 11.9. The molecule has 4 aromatic rings. The zero-order chi connectivity index (χ0) is 34.2. The Morgan fingerprint density at radius 2 is 1.30 bits per heavy atom. The van der Waals surface area contributed by atoms with Gasteiger partial charge in [0.2, 0.25) is 5.91 Å². The molecule has 5 amide bonds. The van der Waals surface area contributed by atoms with Gasteiger partial charge in [-0.05, 0) is 42.3 Å². The van der Waals surface area contributed by atoms with Crippen molar-refractivity contribution in [3.8, 4) is 0 Å². The van der Waals surface area contributed by atoms with Gasteiger partial charge in [-0.1, -0.05) is 19.1 Å². The van der Waals surface area contributed by atoms with Crippen LogP contribution in [0.4, 0.5) is 17.1 Å². The van der Waals surface area contributed by atoms with Crippen LogP contribution in [0.25, 0.3) is 0 Å². The number of hydrogen-bond donors (Lipinski definition) is 5. The summed E-state index contributed by atoms with van der Waals surface area (Å²) < 4.78 is 4.70. The first kappa shape index (κ1) is 34.5. The van der Waals surface area contributed by atoms with Gasteiger partial charge in [0.1, 0.15) is 17.1 Å². The first-order chi connectivity index (χ1) is 22.4. The Balaban J connectivity index is 1.45. The molecule has 0 bridgehead atoms. The molecule has 248 valence electrons. The van der Waals surface area contributed by atoms with Gasteiger partial charge >= 0.3 is 0 Å². The van der Waals surface area contributed by atoms with Gasteiger partial charge in [0, 0.05) is 70.7 Å². The molecule has 0 atom stereocenters. The minimum Gasteiger partial charge on any atom is -0.370 e. The second-order valence-corrected chi connectivity index (χ2v) is 11.2. The normalized spacial score (nSPS) is 10.8. The second kappa shape index (κ2) is 15.3. The van der Waals surface area contributed by atoms with Crippen molar-refractivity contribution in [1.82, 2.24) is 24.4 Å². The molecular weight excluding hydrogens is 626 g/mol. The maximum absolute atomic E-state index is 13.4. The Bertz CT molecular complexity index is 1790. The van der Waals surface area contributed by atoms with Crippen molar-refractivity contribution in [2.45, 2.75) is 19.8 Å². The van der Waals surface area contributed by atoms with Gasteiger partial charge in [-0.15, -0.1) is 11.6 Å². The molecule has 47 heavy (non-hydrogen) atoms. The highest BCUT2D eigenvalue weighted by atomic mass is 35.5. The number of carbonyl (C=O) groups excluding carboxylic acids is 5. The Morgan fingerprint density at radius 1 is 0.766 bits per heavy atom. The quantitative estimate of drug-likeness (QED) is 0.102. The van der Waals surface area contributed by atoms with Crippen LogP contribution in [0, 0.1) is 0 Å². The fraction of sp³-hybridized carbons (Fsp3) is 0.281. The van der Waals surface area contributed by atoms with Crippen molar-refractivity contribution >= 4 is 58.2 Å². The Labute approximate surface area is 276 Å². The van der Waals surface area contributed by atoms with Crippen LogP contribution in [0.2, 0.25) is 0 Å². The number of halogens is 1. The lowest BCUT2D eigenvalue weighted by Gasteiger charge is -2.22. The maximum Gasteiger partial charge on any atom is 0.272 e. The second-order valence-electron chi connectivity index (χ2n) is 10.8. The highest BCUT2D eigenvalue weighted by Crippen LogP contribution is 2.22. The topological polar surface area (TPSA) is 178 Å². The van der Waals surface area contributed by atoms with Crippen LogP contribution < -0.4 is 32.1 Å². The summed E-state index contributed by atoms with van der Waals surface area (Å²) in [6.45, 7) is 2.45. The third-order valence-corrected chi connectivity index (χ3v) is 7.49. The van der Waals surface area contributed by atoms with E-state index >= 15 is 0 Å². The van der Waals surface area contributed by atoms with Gasteiger partial charge in [-0.25, -0.2) is 10.4 Å². The summed E-state index contributed by atoms with van der Waals surface area (Å²) >= 11 is 5.90. The van der Waals surface area contributed by atoms with E-state index in [1.165, 1.54) is 17.1 Å². The molecule has 15 heteroatoms. The minimum atomic E-state index is -0.528. The zero-order valence-electron chi connectivity index (χ0n) is 26.6. The average Bonchev–Trinajstić information content (AvgIpc) is 3.72. The number of anilines is 3. The standard InChI is InChI=1S/C32H38ClN9O5/c1-5-20-6-8-21(9-7-20)32(47)42(36-13-11-33)24-16-27(41(4)19-24)31(46)38-23-15-26(40(3)18-23)30(45)37-22-14-25(39(2)17-22)29(44)35-12-10-28(34)43/h6-9,14-19,36H,5,10-13H2,1-4H3,(H2,34,43)(H,35,44)(H,37,45)(H,38,46). The highest BCUT2D eigenvalue weighted by Gasteiger charge is 2.23. The molecule has 0 unspecified atom stereocenters. The molecule has 0 saturated heterocycles. The first-order valence-corrected chi connectivity index (χ1v) is 15.4. The molecule has 0 radical (unpaired) electrons. The van der Waals surface area contributed by atoms with Crippen molar-refractivity contribution < 1.29 is 24.0 Å². The molecule has 0 saturated carbocycles. The maximum atomic E-state index is 13.4. The number of alkyl halides is 1. The smallest absolute Gasteiger partial charge is 0.272 e. The van der Waals surface area contributed by atoms with Crippen LogP contribution >= 0.6 is 11.6 Å². The van der Waals surface area contributed by atoms with Gasteiger partial charge in [0.05, 0.1) is 17.1 Å². The van der Waals surface area contributed by atoms with E-state index in [2.05, 4.69) is 21.4 Å². The fourth-order valence-corrected chi connectivity index (χ4v) is 4.92. The molecule has 4 rings (SSSR count). The average molecular weight is 664 g/mol. The predicted octanol–water partition coefficient (Wildman–Crippen LogP) is 2.76. The summed E-state index contributed by atoms with van der Waals surface area (Å²) in [4.78, 5) is 63.3. The van der Waals surface area contributed by atoms with Crippen molar-refractivity contribution in [3.63, 3.8) is 0 Å². The third kappa shape index (κ3) is 8.48. The number of nitrogens with two attached hydrogens (primary N) is 1. The number of rotatable bonds is 14. The van der Waals surface area contributed by atoms with Crippen LogP contribution in [0.5, 0.6) is 0 Å². The number of amides is 5. The van der Waals surface area contributed by atoms with E-state index < -0.39 is 23.6 Å². The first-order valence-electron chi connectivity index (χ1n) is 14.8. The fourth-order valence-electron chi connectivity index (χ4n) is 4.84. The molecule has 0 fully saturated rings. The number of carbonyl (C=O) groups is 5. The van der Waals surface area contributed by atoms with E-state index in [9.17, 15) is 24.0 Å². The van der Waals surface area contributed by atoms with Crippen molar-refractivity contribution in [3.05, 3.63) is 89.3 Å². The molecule has 0 aliphatic carbocycles. The summed E-state index contributed by atoms with van der Waals surface area (Å²) in [5.41, 5.74) is 11.7. The number of benzene rings is 1. The number of hydrogen-bond acceptors (Lipinski definition) is 6. The molecular formula is C32H38ClN9O5. The molecule has 14 nitrogen and oxygen atoms in total. The number of nitrogens with zero attached hydrogens (tertiary/aromatic N) is 4. The van der Waals surface area contributed by atoms with Gasteiger partial charge in [-0.3, -0.25) is 24.0 Å². The van der Waals surface area contributed by atoms with E-state index in [0.717, 1.165) is 12.0 Å². The highest BCUT2D eigenvalue weighted by molar-refractivity contribution is 6.18. The number of primary amides is 1. The summed E-state index contributed by atoms with van der Waals surface area (Å²) in [7, 11) is 5.00. The van der Waals surface area contributed by atoms with Crippen LogP contribution in [-0.4, -0.2) is 62.2 Å². The van der Waals surface area contributed by atoms with Crippen molar-refractivity contribution in [2.75, 3.05) is 34.6 Å². The number of aromatic nitrogens is 3. The van der Waals surface area contributed by atoms with Gasteiger partial charge < -0.3 is 35.4 Å². The predicted molar refractivity (Wildman–Crippen MR) is 180 cm³/mol. The van der Waals surface area contributed by atoms with E-state index in [0.29, 0.717) is 29.2 Å². The minimum absolute atomic E-state index is 0.00927. The van der Waals surface area contributed by atoms with Crippen LogP contribution in [0.3, 0.4) is 0 Å². The van der Waals surface area contributed by atoms with Gasteiger partial charge in [-0.2, -0.15) is 0 Å².